The van der Waals surface area contributed by atoms with E-state index < -0.39 is 10.0 Å². The molecular formula is C21H25N5O3S. The fourth-order valence-corrected chi connectivity index (χ4v) is 4.83. The Balaban J connectivity index is 1.64. The van der Waals surface area contributed by atoms with E-state index in [-0.39, 0.29) is 16.9 Å². The van der Waals surface area contributed by atoms with E-state index in [0.717, 1.165) is 17.0 Å². The lowest BCUT2D eigenvalue weighted by Gasteiger charge is -2.31. The van der Waals surface area contributed by atoms with Crippen LogP contribution in [0.1, 0.15) is 24.1 Å². The molecule has 1 fully saturated rings. The van der Waals surface area contributed by atoms with Crippen LogP contribution >= 0.6 is 0 Å². The number of aromatic nitrogens is 4. The predicted octanol–water partition coefficient (Wildman–Crippen LogP) is 2.21. The van der Waals surface area contributed by atoms with Gasteiger partial charge in [0.05, 0.1) is 40.5 Å². The van der Waals surface area contributed by atoms with Crippen molar-refractivity contribution in [3.63, 3.8) is 0 Å². The van der Waals surface area contributed by atoms with Crippen molar-refractivity contribution in [1.29, 1.82) is 0 Å². The third-order valence-corrected chi connectivity index (χ3v) is 6.89. The van der Waals surface area contributed by atoms with Crippen LogP contribution < -0.4 is 4.72 Å². The second kappa shape index (κ2) is 7.90. The summed E-state index contributed by atoms with van der Waals surface area (Å²) in [7, 11) is -1.81. The summed E-state index contributed by atoms with van der Waals surface area (Å²) in [6, 6.07) is 6.94. The first kappa shape index (κ1) is 20.6. The van der Waals surface area contributed by atoms with Crippen LogP contribution in [0.4, 0.5) is 0 Å². The van der Waals surface area contributed by atoms with Crippen LogP contribution in [0, 0.1) is 19.8 Å². The van der Waals surface area contributed by atoms with E-state index in [1.807, 2.05) is 27.0 Å². The third-order valence-electron chi connectivity index (χ3n) is 5.47. The maximum absolute atomic E-state index is 12.8. The SMILES string of the molecule is Cc1cc(-c2cncc(-c3cc(S(=O)(=O)NCC4CC(O)C4)ccc3C)n2)n(C)n1. The van der Waals surface area contributed by atoms with Crippen molar-refractivity contribution in [3.8, 4) is 22.6 Å². The van der Waals surface area contributed by atoms with E-state index in [1.54, 1.807) is 35.3 Å². The lowest BCUT2D eigenvalue weighted by Crippen LogP contribution is -2.38. The maximum Gasteiger partial charge on any atom is 0.240 e. The minimum absolute atomic E-state index is 0.185. The van der Waals surface area contributed by atoms with E-state index in [1.165, 1.54) is 0 Å². The van der Waals surface area contributed by atoms with Gasteiger partial charge in [-0.25, -0.2) is 18.1 Å². The van der Waals surface area contributed by atoms with Crippen LogP contribution in [0.15, 0.2) is 41.6 Å². The van der Waals surface area contributed by atoms with Crippen molar-refractivity contribution < 1.29 is 13.5 Å². The number of hydrogen-bond acceptors (Lipinski definition) is 6. The molecular weight excluding hydrogens is 402 g/mol. The molecule has 2 aromatic heterocycles. The van der Waals surface area contributed by atoms with Crippen molar-refractivity contribution in [2.45, 2.75) is 37.7 Å². The normalized spacial score (nSPS) is 18.9. The molecule has 1 aliphatic rings. The average molecular weight is 428 g/mol. The summed E-state index contributed by atoms with van der Waals surface area (Å²) in [5, 5.41) is 13.7. The summed E-state index contributed by atoms with van der Waals surface area (Å²) in [4.78, 5) is 9.21. The molecule has 9 heteroatoms. The van der Waals surface area contributed by atoms with Crippen molar-refractivity contribution >= 4 is 10.0 Å². The van der Waals surface area contributed by atoms with Crippen molar-refractivity contribution in [2.75, 3.05) is 6.54 Å². The minimum atomic E-state index is -3.66. The second-order valence-electron chi connectivity index (χ2n) is 7.90. The largest absolute Gasteiger partial charge is 0.393 e. The number of aliphatic hydroxyl groups is 1. The Morgan fingerprint density at radius 1 is 1.17 bits per heavy atom. The topological polar surface area (TPSA) is 110 Å². The molecule has 0 atom stereocenters. The lowest BCUT2D eigenvalue weighted by molar-refractivity contribution is 0.0453. The number of sulfonamides is 1. The van der Waals surface area contributed by atoms with Crippen LogP contribution in [-0.2, 0) is 17.1 Å². The summed E-state index contributed by atoms with van der Waals surface area (Å²) >= 11 is 0. The maximum atomic E-state index is 12.8. The Labute approximate surface area is 176 Å². The first-order chi connectivity index (χ1) is 14.2. The van der Waals surface area contributed by atoms with Gasteiger partial charge in [-0.15, -0.1) is 0 Å². The van der Waals surface area contributed by atoms with Crippen LogP contribution in [0.25, 0.3) is 22.6 Å². The molecule has 1 aromatic carbocycles. The van der Waals surface area contributed by atoms with Gasteiger partial charge in [-0.2, -0.15) is 5.10 Å². The van der Waals surface area contributed by atoms with E-state index >= 15 is 0 Å². The second-order valence-corrected chi connectivity index (χ2v) is 9.67. The average Bonchev–Trinajstić information content (AvgIpc) is 3.03. The first-order valence-electron chi connectivity index (χ1n) is 9.85. The van der Waals surface area contributed by atoms with Gasteiger partial charge in [0.1, 0.15) is 5.69 Å². The zero-order valence-corrected chi connectivity index (χ0v) is 18.0. The molecule has 0 bridgehead atoms. The first-order valence-corrected chi connectivity index (χ1v) is 11.3. The van der Waals surface area contributed by atoms with E-state index in [2.05, 4.69) is 14.8 Å². The van der Waals surface area contributed by atoms with Crippen molar-refractivity contribution in [2.24, 2.45) is 13.0 Å². The fourth-order valence-electron chi connectivity index (χ4n) is 3.69. The van der Waals surface area contributed by atoms with Gasteiger partial charge in [0.25, 0.3) is 0 Å². The van der Waals surface area contributed by atoms with Crippen LogP contribution in [-0.4, -0.2) is 45.9 Å². The predicted molar refractivity (Wildman–Crippen MR) is 113 cm³/mol. The molecule has 3 aromatic rings. The van der Waals surface area contributed by atoms with Crippen LogP contribution in [0.5, 0.6) is 0 Å². The van der Waals surface area contributed by atoms with E-state index in [4.69, 9.17) is 4.98 Å². The Kier molecular flexibility index (Phi) is 5.44. The third kappa shape index (κ3) is 4.14. The van der Waals surface area contributed by atoms with Crippen LogP contribution in [0.3, 0.4) is 0 Å². The molecule has 2 N–H and O–H groups in total. The van der Waals surface area contributed by atoms with Crippen molar-refractivity contribution in [3.05, 3.63) is 47.9 Å². The highest BCUT2D eigenvalue weighted by atomic mass is 32.2. The van der Waals surface area contributed by atoms with E-state index in [0.29, 0.717) is 36.3 Å². The number of aryl methyl sites for hydroxylation is 3. The molecule has 1 saturated carbocycles. The monoisotopic (exact) mass is 427 g/mol. The highest BCUT2D eigenvalue weighted by Gasteiger charge is 2.28. The summed E-state index contributed by atoms with van der Waals surface area (Å²) in [6.45, 7) is 4.16. The molecule has 0 amide bonds. The molecule has 30 heavy (non-hydrogen) atoms. The number of aliphatic hydroxyl groups excluding tert-OH is 1. The van der Waals surface area contributed by atoms with Crippen molar-refractivity contribution in [1.82, 2.24) is 24.5 Å². The number of rotatable bonds is 6. The Morgan fingerprint density at radius 2 is 1.90 bits per heavy atom. The van der Waals surface area contributed by atoms with Gasteiger partial charge in [0.2, 0.25) is 10.0 Å². The quantitative estimate of drug-likeness (QED) is 0.624. The van der Waals surface area contributed by atoms with Gasteiger partial charge in [0.15, 0.2) is 0 Å². The molecule has 0 aliphatic heterocycles. The summed E-state index contributed by atoms with van der Waals surface area (Å²) < 4.78 is 29.9. The Hall–Kier alpha value is -2.62. The summed E-state index contributed by atoms with van der Waals surface area (Å²) in [5.74, 6) is 0.185. The standard InChI is InChI=1S/C21H25N5O3S/c1-13-4-5-17(30(28,29)23-10-15-7-16(27)8-15)9-18(13)19-11-22-12-20(24-19)21-6-14(2)25-26(21)3/h4-6,9,11-12,15-16,23,27H,7-8,10H2,1-3H3. The summed E-state index contributed by atoms with van der Waals surface area (Å²) in [5.41, 5.74) is 4.61. The van der Waals surface area contributed by atoms with Crippen LogP contribution in [0.2, 0.25) is 0 Å². The van der Waals surface area contributed by atoms with Gasteiger partial charge in [-0.05, 0) is 56.4 Å². The van der Waals surface area contributed by atoms with Gasteiger partial charge in [-0.1, -0.05) is 6.07 Å². The molecule has 0 radical (unpaired) electrons. The highest BCUT2D eigenvalue weighted by Crippen LogP contribution is 2.29. The fraction of sp³-hybridized carbons (Fsp3) is 0.381. The van der Waals surface area contributed by atoms with Gasteiger partial charge < -0.3 is 5.11 Å². The zero-order valence-electron chi connectivity index (χ0n) is 17.2. The van der Waals surface area contributed by atoms with Gasteiger partial charge >= 0.3 is 0 Å². The molecule has 0 unspecified atom stereocenters. The smallest absolute Gasteiger partial charge is 0.240 e. The molecule has 4 rings (SSSR count). The minimum Gasteiger partial charge on any atom is -0.393 e. The molecule has 1 aliphatic carbocycles. The number of nitrogens with zero attached hydrogens (tertiary/aromatic N) is 4. The van der Waals surface area contributed by atoms with E-state index in [9.17, 15) is 13.5 Å². The molecule has 158 valence electrons. The number of hydrogen-bond donors (Lipinski definition) is 2. The van der Waals surface area contributed by atoms with Gasteiger partial charge in [-0.3, -0.25) is 9.67 Å². The molecule has 2 heterocycles. The van der Waals surface area contributed by atoms with Gasteiger partial charge in [0, 0.05) is 19.2 Å². The highest BCUT2D eigenvalue weighted by molar-refractivity contribution is 7.89. The summed E-state index contributed by atoms with van der Waals surface area (Å²) in [6.07, 6.45) is 4.27. The Bertz CT molecular complexity index is 1180. The molecule has 8 nitrogen and oxygen atoms in total. The molecule has 0 spiro atoms. The number of nitrogens with one attached hydrogen (secondary N) is 1. The number of benzene rings is 1. The lowest BCUT2D eigenvalue weighted by atomic mass is 9.83. The Morgan fingerprint density at radius 3 is 2.57 bits per heavy atom. The zero-order chi connectivity index (χ0) is 21.5. The molecule has 0 saturated heterocycles.